The van der Waals surface area contributed by atoms with Crippen molar-refractivity contribution in [3.8, 4) is 0 Å². The number of benzene rings is 1. The molecule has 0 spiro atoms. The number of nitrogens with zero attached hydrogens (tertiary/aromatic N) is 3. The second-order valence-electron chi connectivity index (χ2n) is 8.22. The maximum absolute atomic E-state index is 13.2. The first kappa shape index (κ1) is 21.4. The molecule has 3 aromatic heterocycles. The number of hydrogen-bond acceptors (Lipinski definition) is 5. The summed E-state index contributed by atoms with van der Waals surface area (Å²) in [5.74, 6) is -0.158. The molecule has 170 valence electrons. The molecule has 0 aliphatic carbocycles. The molecule has 7 nitrogen and oxygen atoms in total. The van der Waals surface area contributed by atoms with Gasteiger partial charge < -0.3 is 14.6 Å². The van der Waals surface area contributed by atoms with Crippen LogP contribution >= 0.6 is 11.3 Å². The van der Waals surface area contributed by atoms with E-state index in [1.165, 1.54) is 29.7 Å². The monoisotopic (exact) mass is 466 g/mol. The van der Waals surface area contributed by atoms with Gasteiger partial charge in [0, 0.05) is 24.5 Å². The summed E-state index contributed by atoms with van der Waals surface area (Å²) in [5.41, 5.74) is 1.79. The maximum atomic E-state index is 13.2. The Labute approximate surface area is 193 Å². The summed E-state index contributed by atoms with van der Waals surface area (Å²) in [6.45, 7) is 3.57. The molecule has 2 amide bonds. The third kappa shape index (κ3) is 4.41. The first-order valence-corrected chi connectivity index (χ1v) is 11.6. The van der Waals surface area contributed by atoms with E-state index in [2.05, 4.69) is 10.4 Å². The molecule has 5 rings (SSSR count). The molecule has 4 heterocycles. The van der Waals surface area contributed by atoms with Crippen LogP contribution in [0.25, 0.3) is 10.2 Å². The van der Waals surface area contributed by atoms with E-state index in [1.807, 2.05) is 17.7 Å². The van der Waals surface area contributed by atoms with E-state index in [4.69, 9.17) is 4.42 Å². The third-order valence-electron chi connectivity index (χ3n) is 5.93. The van der Waals surface area contributed by atoms with Gasteiger partial charge in [0.05, 0.1) is 23.4 Å². The Morgan fingerprint density at radius 2 is 1.97 bits per heavy atom. The standard InChI is InChI=1S/C24H23FN4O3S/c1-15-19-13-21(33-24(19)29(27-15)14-16-4-6-17(25)7-5-16)22(30)26-18-8-10-28(11-9-18)23(31)20-3-2-12-32-20/h2-7,12-13,18H,8-11,14H2,1H3,(H,26,30). The van der Waals surface area contributed by atoms with E-state index in [9.17, 15) is 14.0 Å². The van der Waals surface area contributed by atoms with Crippen LogP contribution in [0.5, 0.6) is 0 Å². The van der Waals surface area contributed by atoms with Crippen LogP contribution in [0, 0.1) is 12.7 Å². The fourth-order valence-electron chi connectivity index (χ4n) is 4.13. The fraction of sp³-hybridized carbons (Fsp3) is 0.292. The molecule has 4 aromatic rings. The summed E-state index contributed by atoms with van der Waals surface area (Å²) in [7, 11) is 0. The molecule has 0 bridgehead atoms. The Balaban J connectivity index is 1.24. The van der Waals surface area contributed by atoms with Gasteiger partial charge in [-0.2, -0.15) is 5.10 Å². The van der Waals surface area contributed by atoms with E-state index in [1.54, 1.807) is 29.2 Å². The highest BCUT2D eigenvalue weighted by molar-refractivity contribution is 7.20. The number of amides is 2. The molecule has 0 saturated carbocycles. The Morgan fingerprint density at radius 1 is 1.21 bits per heavy atom. The van der Waals surface area contributed by atoms with Gasteiger partial charge in [-0.05, 0) is 55.7 Å². The number of thiophene rings is 1. The molecule has 0 radical (unpaired) electrons. The minimum Gasteiger partial charge on any atom is -0.459 e. The molecule has 0 unspecified atom stereocenters. The summed E-state index contributed by atoms with van der Waals surface area (Å²) < 4.78 is 20.3. The lowest BCUT2D eigenvalue weighted by molar-refractivity contribution is 0.0667. The van der Waals surface area contributed by atoms with Crippen LogP contribution in [-0.4, -0.2) is 45.6 Å². The number of aryl methyl sites for hydroxylation is 1. The summed E-state index contributed by atoms with van der Waals surface area (Å²) in [5, 5.41) is 8.65. The zero-order chi connectivity index (χ0) is 22.9. The van der Waals surface area contributed by atoms with Gasteiger partial charge in [-0.1, -0.05) is 12.1 Å². The lowest BCUT2D eigenvalue weighted by Gasteiger charge is -2.31. The SMILES string of the molecule is Cc1nn(Cc2ccc(F)cc2)c2sc(C(=O)NC3CCN(C(=O)c4ccco4)CC3)cc12. The van der Waals surface area contributed by atoms with E-state index in [-0.39, 0.29) is 23.7 Å². The minimum atomic E-state index is -0.271. The fourth-order valence-corrected chi connectivity index (χ4v) is 5.20. The predicted molar refractivity (Wildman–Crippen MR) is 123 cm³/mol. The highest BCUT2D eigenvalue weighted by atomic mass is 32.1. The van der Waals surface area contributed by atoms with Gasteiger partial charge in [-0.3, -0.25) is 14.3 Å². The molecule has 33 heavy (non-hydrogen) atoms. The molecule has 1 N–H and O–H groups in total. The van der Waals surface area contributed by atoms with E-state index in [0.29, 0.717) is 43.1 Å². The third-order valence-corrected chi connectivity index (χ3v) is 7.07. The average Bonchev–Trinajstić information content (AvgIpc) is 3.55. The van der Waals surface area contributed by atoms with Crippen LogP contribution < -0.4 is 5.32 Å². The largest absolute Gasteiger partial charge is 0.459 e. The number of likely N-dealkylation sites (tertiary alicyclic amines) is 1. The van der Waals surface area contributed by atoms with Crippen molar-refractivity contribution in [2.24, 2.45) is 0 Å². The summed E-state index contributed by atoms with van der Waals surface area (Å²) in [4.78, 5) is 28.7. The molecule has 0 atom stereocenters. The topological polar surface area (TPSA) is 80.4 Å². The quantitative estimate of drug-likeness (QED) is 0.478. The van der Waals surface area contributed by atoms with Crippen LogP contribution in [0.1, 0.15) is 44.3 Å². The first-order valence-electron chi connectivity index (χ1n) is 10.8. The number of furan rings is 1. The zero-order valence-electron chi connectivity index (χ0n) is 18.1. The zero-order valence-corrected chi connectivity index (χ0v) is 18.9. The van der Waals surface area contributed by atoms with E-state index >= 15 is 0 Å². The number of fused-ring (bicyclic) bond motifs is 1. The molecular weight excluding hydrogens is 443 g/mol. The molecule has 1 aliphatic rings. The van der Waals surface area contributed by atoms with Crippen molar-refractivity contribution in [2.45, 2.75) is 32.4 Å². The number of halogens is 1. The van der Waals surface area contributed by atoms with Gasteiger partial charge in [-0.25, -0.2) is 4.39 Å². The number of piperidine rings is 1. The van der Waals surface area contributed by atoms with Crippen LogP contribution in [0.4, 0.5) is 4.39 Å². The number of hydrogen-bond donors (Lipinski definition) is 1. The normalized spacial score (nSPS) is 14.7. The van der Waals surface area contributed by atoms with Gasteiger partial charge in [0.15, 0.2) is 5.76 Å². The Morgan fingerprint density at radius 3 is 2.67 bits per heavy atom. The lowest BCUT2D eigenvalue weighted by Crippen LogP contribution is -2.46. The van der Waals surface area contributed by atoms with Crippen LogP contribution in [0.2, 0.25) is 0 Å². The number of rotatable bonds is 5. The van der Waals surface area contributed by atoms with Crippen LogP contribution in [-0.2, 0) is 6.54 Å². The second-order valence-corrected chi connectivity index (χ2v) is 9.25. The van der Waals surface area contributed by atoms with Crippen molar-refractivity contribution in [1.82, 2.24) is 20.0 Å². The van der Waals surface area contributed by atoms with Gasteiger partial charge in [0.2, 0.25) is 0 Å². The number of carbonyl (C=O) groups excluding carboxylic acids is 2. The Bertz CT molecular complexity index is 1290. The van der Waals surface area contributed by atoms with Gasteiger partial charge in [0.1, 0.15) is 10.6 Å². The summed E-state index contributed by atoms with van der Waals surface area (Å²) in [6, 6.07) is 11.6. The van der Waals surface area contributed by atoms with Crippen molar-refractivity contribution in [3.63, 3.8) is 0 Å². The van der Waals surface area contributed by atoms with E-state index in [0.717, 1.165) is 21.5 Å². The van der Waals surface area contributed by atoms with Crippen molar-refractivity contribution < 1.29 is 18.4 Å². The number of nitrogens with one attached hydrogen (secondary N) is 1. The minimum absolute atomic E-state index is 0.0140. The summed E-state index contributed by atoms with van der Waals surface area (Å²) >= 11 is 1.40. The van der Waals surface area contributed by atoms with Crippen molar-refractivity contribution in [3.05, 3.63) is 76.4 Å². The first-order chi connectivity index (χ1) is 16.0. The predicted octanol–water partition coefficient (Wildman–Crippen LogP) is 4.22. The van der Waals surface area contributed by atoms with Crippen molar-refractivity contribution in [2.75, 3.05) is 13.1 Å². The van der Waals surface area contributed by atoms with Crippen molar-refractivity contribution in [1.29, 1.82) is 0 Å². The molecule has 1 fully saturated rings. The highest BCUT2D eigenvalue weighted by Gasteiger charge is 2.26. The molecule has 1 aromatic carbocycles. The summed E-state index contributed by atoms with van der Waals surface area (Å²) in [6.07, 6.45) is 2.88. The smallest absolute Gasteiger partial charge is 0.289 e. The molecule has 1 aliphatic heterocycles. The Hall–Kier alpha value is -3.46. The Kier molecular flexibility index (Phi) is 5.72. The van der Waals surface area contributed by atoms with Gasteiger partial charge >= 0.3 is 0 Å². The number of carbonyl (C=O) groups is 2. The molecule has 9 heteroatoms. The van der Waals surface area contributed by atoms with Crippen molar-refractivity contribution >= 4 is 33.4 Å². The molecular formula is C24H23FN4O3S. The van der Waals surface area contributed by atoms with Crippen LogP contribution in [0.3, 0.4) is 0 Å². The lowest BCUT2D eigenvalue weighted by atomic mass is 10.0. The highest BCUT2D eigenvalue weighted by Crippen LogP contribution is 2.29. The van der Waals surface area contributed by atoms with Gasteiger partial charge in [-0.15, -0.1) is 11.3 Å². The van der Waals surface area contributed by atoms with E-state index < -0.39 is 0 Å². The molecule has 1 saturated heterocycles. The number of aromatic nitrogens is 2. The second kappa shape index (κ2) is 8.82. The maximum Gasteiger partial charge on any atom is 0.289 e. The van der Waals surface area contributed by atoms with Crippen LogP contribution in [0.15, 0.2) is 53.1 Å². The van der Waals surface area contributed by atoms with Gasteiger partial charge in [0.25, 0.3) is 11.8 Å². The average molecular weight is 467 g/mol.